The summed E-state index contributed by atoms with van der Waals surface area (Å²) in [6.45, 7) is 1.87. The van der Waals surface area contributed by atoms with Gasteiger partial charge in [-0.3, -0.25) is 14.9 Å². The Hall–Kier alpha value is -3.20. The number of aromatic nitrogens is 4. The molecule has 6 nitrogen and oxygen atoms in total. The van der Waals surface area contributed by atoms with Crippen molar-refractivity contribution >= 4 is 28.6 Å². The summed E-state index contributed by atoms with van der Waals surface area (Å²) >= 11 is 1.36. The van der Waals surface area contributed by atoms with Crippen LogP contribution in [0.5, 0.6) is 0 Å². The van der Waals surface area contributed by atoms with Crippen molar-refractivity contribution in [2.45, 2.75) is 23.3 Å². The lowest BCUT2D eigenvalue weighted by Gasteiger charge is -2.07. The summed E-state index contributed by atoms with van der Waals surface area (Å²) in [6.07, 6.45) is 3.04. The summed E-state index contributed by atoms with van der Waals surface area (Å²) in [5.41, 5.74) is 1.81. The number of nitrogens with zero attached hydrogens (tertiary/aromatic N) is 3. The van der Waals surface area contributed by atoms with Gasteiger partial charge in [-0.15, -0.1) is 0 Å². The van der Waals surface area contributed by atoms with E-state index in [1.54, 1.807) is 23.9 Å². The van der Waals surface area contributed by atoms with Gasteiger partial charge in [0.05, 0.1) is 18.4 Å². The quantitative estimate of drug-likeness (QED) is 0.519. The minimum absolute atomic E-state index is 0.0133. The number of rotatable bonds is 5. The van der Waals surface area contributed by atoms with Crippen LogP contribution >= 0.6 is 11.8 Å². The zero-order chi connectivity index (χ0) is 20.5. The van der Waals surface area contributed by atoms with Gasteiger partial charge in [0.15, 0.2) is 0 Å². The molecule has 0 saturated carbocycles. The number of amides is 1. The second-order valence-corrected chi connectivity index (χ2v) is 7.61. The lowest BCUT2D eigenvalue weighted by atomic mass is 10.2. The largest absolute Gasteiger partial charge is 0.345 e. The van der Waals surface area contributed by atoms with Crippen molar-refractivity contribution in [2.75, 3.05) is 0 Å². The number of carbonyl (C=O) groups excluding carboxylic acids is 1. The molecular formula is C20H17F2N5OS. The second kappa shape index (κ2) is 7.67. The van der Waals surface area contributed by atoms with Gasteiger partial charge in [0, 0.05) is 34.1 Å². The molecule has 0 spiro atoms. The minimum atomic E-state index is -0.469. The highest BCUT2D eigenvalue weighted by molar-refractivity contribution is 7.99. The Morgan fingerprint density at radius 3 is 2.90 bits per heavy atom. The summed E-state index contributed by atoms with van der Waals surface area (Å²) < 4.78 is 29.6. The predicted octanol–water partition coefficient (Wildman–Crippen LogP) is 3.96. The molecule has 0 radical (unpaired) electrons. The topological polar surface area (TPSA) is 75.6 Å². The first-order valence-electron chi connectivity index (χ1n) is 8.78. The number of hydrogen-bond acceptors (Lipinski definition) is 4. The number of pyridine rings is 1. The number of fused-ring (bicyclic) bond motifs is 1. The van der Waals surface area contributed by atoms with Gasteiger partial charge >= 0.3 is 0 Å². The van der Waals surface area contributed by atoms with Gasteiger partial charge in [-0.05, 0) is 37.3 Å². The average Bonchev–Trinajstić information content (AvgIpc) is 3.28. The SMILES string of the molecule is Cc1c(Sc2cc(F)c3[nH]ncc3c2)cc(C(=O)NCc2ncccc2F)n1C. The fourth-order valence-electron chi connectivity index (χ4n) is 2.97. The Kier molecular flexibility index (Phi) is 5.06. The minimum Gasteiger partial charge on any atom is -0.345 e. The lowest BCUT2D eigenvalue weighted by molar-refractivity contribution is 0.0941. The van der Waals surface area contributed by atoms with Crippen LogP contribution in [0, 0.1) is 18.6 Å². The molecule has 0 aliphatic heterocycles. The molecule has 4 rings (SSSR count). The third kappa shape index (κ3) is 3.73. The number of hydrogen-bond donors (Lipinski definition) is 2. The Morgan fingerprint density at radius 2 is 2.10 bits per heavy atom. The molecular weight excluding hydrogens is 396 g/mol. The van der Waals surface area contributed by atoms with Crippen LogP contribution in [-0.4, -0.2) is 25.7 Å². The maximum Gasteiger partial charge on any atom is 0.268 e. The fraction of sp³-hybridized carbons (Fsp3) is 0.150. The van der Waals surface area contributed by atoms with Crippen molar-refractivity contribution in [3.63, 3.8) is 0 Å². The average molecular weight is 413 g/mol. The summed E-state index contributed by atoms with van der Waals surface area (Å²) in [5, 5.41) is 9.85. The van der Waals surface area contributed by atoms with Crippen LogP contribution in [0.15, 0.2) is 52.5 Å². The molecule has 1 aromatic carbocycles. The third-order valence-corrected chi connectivity index (χ3v) is 5.78. The molecule has 0 aliphatic rings. The van der Waals surface area contributed by atoms with Crippen molar-refractivity contribution in [3.05, 3.63) is 71.4 Å². The maximum atomic E-state index is 14.2. The Balaban J connectivity index is 1.54. The molecule has 3 heterocycles. The number of benzene rings is 1. The normalized spacial score (nSPS) is 11.2. The summed E-state index contributed by atoms with van der Waals surface area (Å²) in [7, 11) is 1.77. The molecule has 0 saturated heterocycles. The highest BCUT2D eigenvalue weighted by atomic mass is 32.2. The first-order chi connectivity index (χ1) is 13.9. The van der Waals surface area contributed by atoms with Crippen LogP contribution in [0.1, 0.15) is 21.9 Å². The molecule has 9 heteroatoms. The van der Waals surface area contributed by atoms with E-state index in [-0.39, 0.29) is 24.0 Å². The Labute approximate surface area is 169 Å². The van der Waals surface area contributed by atoms with Crippen LogP contribution in [0.3, 0.4) is 0 Å². The maximum absolute atomic E-state index is 14.2. The molecule has 0 fully saturated rings. The van der Waals surface area contributed by atoms with Gasteiger partial charge in [0.1, 0.15) is 22.8 Å². The molecule has 2 N–H and O–H groups in total. The van der Waals surface area contributed by atoms with Gasteiger partial charge in [-0.1, -0.05) is 11.8 Å². The molecule has 0 unspecified atom stereocenters. The van der Waals surface area contributed by atoms with Crippen molar-refractivity contribution in [3.8, 4) is 0 Å². The zero-order valence-corrected chi connectivity index (χ0v) is 16.5. The van der Waals surface area contributed by atoms with Crippen LogP contribution in [-0.2, 0) is 13.6 Å². The van der Waals surface area contributed by atoms with E-state index < -0.39 is 5.82 Å². The van der Waals surface area contributed by atoms with Gasteiger partial charge in [0.2, 0.25) is 0 Å². The van der Waals surface area contributed by atoms with E-state index in [9.17, 15) is 13.6 Å². The molecule has 29 heavy (non-hydrogen) atoms. The Morgan fingerprint density at radius 1 is 1.28 bits per heavy atom. The number of nitrogens with one attached hydrogen (secondary N) is 2. The molecule has 148 valence electrons. The number of carbonyl (C=O) groups is 1. The molecule has 0 aliphatic carbocycles. The van der Waals surface area contributed by atoms with Gasteiger partial charge in [0.25, 0.3) is 5.91 Å². The second-order valence-electron chi connectivity index (χ2n) is 6.49. The van der Waals surface area contributed by atoms with Crippen LogP contribution in [0.4, 0.5) is 8.78 Å². The van der Waals surface area contributed by atoms with E-state index in [1.807, 2.05) is 13.0 Å². The van der Waals surface area contributed by atoms with Gasteiger partial charge < -0.3 is 9.88 Å². The smallest absolute Gasteiger partial charge is 0.268 e. The highest BCUT2D eigenvalue weighted by Gasteiger charge is 2.17. The first kappa shape index (κ1) is 19.1. The summed E-state index contributed by atoms with van der Waals surface area (Å²) in [5.74, 6) is -1.20. The Bertz CT molecular complexity index is 1220. The van der Waals surface area contributed by atoms with E-state index in [0.717, 1.165) is 10.6 Å². The monoisotopic (exact) mass is 413 g/mol. The molecule has 3 aromatic heterocycles. The molecule has 1 amide bonds. The zero-order valence-electron chi connectivity index (χ0n) is 15.7. The molecule has 0 atom stereocenters. The van der Waals surface area contributed by atoms with Crippen molar-refractivity contribution < 1.29 is 13.6 Å². The van der Waals surface area contributed by atoms with Crippen molar-refractivity contribution in [2.24, 2.45) is 7.05 Å². The van der Waals surface area contributed by atoms with Gasteiger partial charge in [-0.2, -0.15) is 5.10 Å². The summed E-state index contributed by atoms with van der Waals surface area (Å²) in [4.78, 5) is 18.1. The number of H-pyrrole nitrogens is 1. The fourth-order valence-corrected chi connectivity index (χ4v) is 4.03. The number of aromatic amines is 1. The third-order valence-electron chi connectivity index (χ3n) is 4.67. The lowest BCUT2D eigenvalue weighted by Crippen LogP contribution is -2.25. The summed E-state index contributed by atoms with van der Waals surface area (Å²) in [6, 6.07) is 7.80. The van der Waals surface area contributed by atoms with E-state index in [2.05, 4.69) is 20.5 Å². The van der Waals surface area contributed by atoms with E-state index >= 15 is 0 Å². The van der Waals surface area contributed by atoms with Crippen LogP contribution in [0.2, 0.25) is 0 Å². The van der Waals surface area contributed by atoms with E-state index in [1.165, 1.54) is 36.2 Å². The van der Waals surface area contributed by atoms with Crippen molar-refractivity contribution in [1.29, 1.82) is 0 Å². The molecule has 0 bridgehead atoms. The highest BCUT2D eigenvalue weighted by Crippen LogP contribution is 2.34. The van der Waals surface area contributed by atoms with E-state index in [4.69, 9.17) is 0 Å². The van der Waals surface area contributed by atoms with E-state index in [0.29, 0.717) is 21.5 Å². The predicted molar refractivity (Wildman–Crippen MR) is 106 cm³/mol. The first-order valence-corrected chi connectivity index (χ1v) is 9.60. The van der Waals surface area contributed by atoms with Crippen molar-refractivity contribution in [1.82, 2.24) is 25.1 Å². The van der Waals surface area contributed by atoms with Crippen LogP contribution in [0.25, 0.3) is 10.9 Å². The molecule has 4 aromatic rings. The van der Waals surface area contributed by atoms with Crippen LogP contribution < -0.4 is 5.32 Å². The van der Waals surface area contributed by atoms with Gasteiger partial charge in [-0.25, -0.2) is 8.78 Å². The number of halogens is 2. The standard InChI is InChI=1S/C20H17F2N5OS/c1-11-18(29-13-6-12-9-25-26-19(12)15(22)7-13)8-17(27(11)2)20(28)24-10-16-14(21)4-3-5-23-16/h3-9H,10H2,1-2H3,(H,24,28)(H,25,26).